The van der Waals surface area contributed by atoms with Gasteiger partial charge in [0.05, 0.1) is 27.6 Å². The van der Waals surface area contributed by atoms with E-state index in [2.05, 4.69) is 141 Å². The van der Waals surface area contributed by atoms with Gasteiger partial charge in [0, 0.05) is 38.3 Å². The van der Waals surface area contributed by atoms with Crippen LogP contribution in [0.2, 0.25) is 0 Å². The second-order valence-corrected chi connectivity index (χ2v) is 12.6. The lowest BCUT2D eigenvalue weighted by atomic mass is 9.35. The summed E-state index contributed by atoms with van der Waals surface area (Å²) in [5.41, 5.74) is 11.5. The molecule has 0 fully saturated rings. The predicted octanol–water partition coefficient (Wildman–Crippen LogP) is 8.26. The highest BCUT2D eigenvalue weighted by molar-refractivity contribution is 6.98. The van der Waals surface area contributed by atoms with Crippen LogP contribution in [0, 0.1) is 5.82 Å². The van der Waals surface area contributed by atoms with E-state index in [4.69, 9.17) is 0 Å². The lowest BCUT2D eigenvalue weighted by Crippen LogP contribution is -2.56. The molecule has 0 saturated heterocycles. The second kappa shape index (κ2) is 9.02. The summed E-state index contributed by atoms with van der Waals surface area (Å²) in [6, 6.07) is 53.3. The topological polar surface area (TPSA) is 14.3 Å². The fourth-order valence-corrected chi connectivity index (χ4v) is 8.52. The van der Waals surface area contributed by atoms with Crippen molar-refractivity contribution >= 4 is 83.3 Å². The summed E-state index contributed by atoms with van der Waals surface area (Å²) in [7, 11) is 0. The molecule has 1 aliphatic rings. The first-order valence-corrected chi connectivity index (χ1v) is 16.1. The largest absolute Gasteiger partial charge is 0.309 e. The number of aromatic nitrogens is 3. The van der Waals surface area contributed by atoms with Gasteiger partial charge in [-0.1, -0.05) is 115 Å². The predicted molar refractivity (Wildman–Crippen MR) is 195 cm³/mol. The monoisotopic (exact) mass is 601 g/mol. The lowest BCUT2D eigenvalue weighted by Gasteiger charge is -2.31. The third kappa shape index (κ3) is 3.11. The Morgan fingerprint density at radius 3 is 1.98 bits per heavy atom. The summed E-state index contributed by atoms with van der Waals surface area (Å²) in [4.78, 5) is 0. The number of para-hydroxylation sites is 4. The molecule has 0 spiro atoms. The van der Waals surface area contributed by atoms with Gasteiger partial charge in [0.1, 0.15) is 0 Å². The third-order valence-corrected chi connectivity index (χ3v) is 10.3. The number of hydrogen-bond donors (Lipinski definition) is 0. The first kappa shape index (κ1) is 25.2. The third-order valence-electron chi connectivity index (χ3n) is 10.3. The molecule has 3 nitrogen and oxygen atoms in total. The number of fused-ring (bicyclic) bond motifs is 11. The van der Waals surface area contributed by atoms with Crippen LogP contribution in [0.25, 0.3) is 71.5 Å². The second-order valence-electron chi connectivity index (χ2n) is 12.6. The van der Waals surface area contributed by atoms with Crippen LogP contribution in [0.5, 0.6) is 0 Å². The summed E-state index contributed by atoms with van der Waals surface area (Å²) in [5.74, 6) is -0.200. The highest BCUT2D eigenvalue weighted by Crippen LogP contribution is 2.43. The van der Waals surface area contributed by atoms with Gasteiger partial charge in [0.2, 0.25) is 6.71 Å². The number of hydrogen-bond acceptors (Lipinski definition) is 0. The molecule has 0 amide bonds. The highest BCUT2D eigenvalue weighted by atomic mass is 19.1. The molecule has 1 aliphatic heterocycles. The highest BCUT2D eigenvalue weighted by Gasteiger charge is 2.35. The molecule has 0 saturated carbocycles. The first-order valence-electron chi connectivity index (χ1n) is 16.1. The van der Waals surface area contributed by atoms with Crippen molar-refractivity contribution in [2.45, 2.75) is 0 Å². The van der Waals surface area contributed by atoms with E-state index < -0.39 is 0 Å². The molecule has 0 atom stereocenters. The van der Waals surface area contributed by atoms with Crippen LogP contribution < -0.4 is 16.4 Å². The minimum atomic E-state index is -0.200. The standard InChI is InChI=1S/C42H25BFN3/c44-39-29-18-8-11-21-35(29)46-37-25-31-28-17-7-10-20-34(28)45(27-15-5-2-6-16-27)40(31)30-23-24-33-41(38(30)37)47(42(39)46)36-22-12-9-19-32(36)43(33)26-13-3-1-4-14-26/h1-25H. The molecular formula is C42H25BFN3. The van der Waals surface area contributed by atoms with E-state index in [0.717, 1.165) is 55.1 Å². The SMILES string of the molecule is Fc1c2ccccc2n2c3cc4c5ccccc5n(-c5ccccc5)c4c4ccc5c(c43)n(c12)-c1ccccc1B5c1ccccc1. The molecular weight excluding hydrogens is 576 g/mol. The Morgan fingerprint density at radius 2 is 1.15 bits per heavy atom. The molecule has 218 valence electrons. The van der Waals surface area contributed by atoms with Crippen molar-refractivity contribution in [3.63, 3.8) is 0 Å². The normalized spacial score (nSPS) is 12.7. The summed E-state index contributed by atoms with van der Waals surface area (Å²) in [5, 5.41) is 5.24. The van der Waals surface area contributed by atoms with Crippen molar-refractivity contribution in [2.24, 2.45) is 0 Å². The van der Waals surface area contributed by atoms with E-state index in [0.29, 0.717) is 11.0 Å². The number of rotatable bonds is 2. The van der Waals surface area contributed by atoms with E-state index in [-0.39, 0.29) is 12.5 Å². The lowest BCUT2D eigenvalue weighted by molar-refractivity contribution is 0.644. The van der Waals surface area contributed by atoms with Crippen LogP contribution in [0.3, 0.4) is 0 Å². The molecule has 0 unspecified atom stereocenters. The van der Waals surface area contributed by atoms with E-state index >= 15 is 4.39 Å². The zero-order valence-corrected chi connectivity index (χ0v) is 25.2. The first-order chi connectivity index (χ1) is 23.3. The fraction of sp³-hybridized carbons (Fsp3) is 0. The average Bonchev–Trinajstić information content (AvgIpc) is 3.63. The molecule has 0 bridgehead atoms. The van der Waals surface area contributed by atoms with Gasteiger partial charge in [-0.2, -0.15) is 0 Å². The summed E-state index contributed by atoms with van der Waals surface area (Å²) in [6.45, 7) is 0.00516. The van der Waals surface area contributed by atoms with E-state index in [1.165, 1.54) is 21.8 Å². The van der Waals surface area contributed by atoms with Crippen LogP contribution in [0.4, 0.5) is 4.39 Å². The maximum atomic E-state index is 17.0. The summed E-state index contributed by atoms with van der Waals surface area (Å²) < 4.78 is 23.8. The molecule has 7 aromatic carbocycles. The van der Waals surface area contributed by atoms with Crippen molar-refractivity contribution in [2.75, 3.05) is 0 Å². The Morgan fingerprint density at radius 1 is 0.468 bits per heavy atom. The maximum Gasteiger partial charge on any atom is 0.246 e. The van der Waals surface area contributed by atoms with Gasteiger partial charge in [-0.15, -0.1) is 0 Å². The molecule has 47 heavy (non-hydrogen) atoms. The van der Waals surface area contributed by atoms with Crippen LogP contribution >= 0.6 is 0 Å². The molecule has 4 heterocycles. The van der Waals surface area contributed by atoms with Gasteiger partial charge < -0.3 is 4.57 Å². The van der Waals surface area contributed by atoms with Crippen molar-refractivity contribution in [1.82, 2.24) is 13.5 Å². The summed E-state index contributed by atoms with van der Waals surface area (Å²) in [6.07, 6.45) is 0. The van der Waals surface area contributed by atoms with Crippen molar-refractivity contribution in [3.05, 3.63) is 157 Å². The molecule has 10 aromatic rings. The number of nitrogens with zero attached hydrogens (tertiary/aromatic N) is 3. The van der Waals surface area contributed by atoms with E-state index in [1.807, 2.05) is 24.3 Å². The van der Waals surface area contributed by atoms with Gasteiger partial charge in [-0.3, -0.25) is 8.97 Å². The van der Waals surface area contributed by atoms with Gasteiger partial charge in [0.15, 0.2) is 11.5 Å². The Hall–Kier alpha value is -6.07. The summed E-state index contributed by atoms with van der Waals surface area (Å²) >= 11 is 0. The average molecular weight is 601 g/mol. The van der Waals surface area contributed by atoms with E-state index in [1.54, 1.807) is 0 Å². The van der Waals surface area contributed by atoms with Gasteiger partial charge in [0.25, 0.3) is 0 Å². The molecule has 3 aromatic heterocycles. The van der Waals surface area contributed by atoms with Crippen LogP contribution in [0.15, 0.2) is 152 Å². The molecule has 5 heteroatoms. The Balaban J connectivity index is 1.46. The zero-order valence-electron chi connectivity index (χ0n) is 25.2. The quantitative estimate of drug-likeness (QED) is 0.177. The molecule has 11 rings (SSSR count). The number of halogens is 1. The van der Waals surface area contributed by atoms with Crippen molar-refractivity contribution < 1.29 is 4.39 Å². The van der Waals surface area contributed by atoms with Crippen molar-refractivity contribution in [3.8, 4) is 11.4 Å². The minimum absolute atomic E-state index is 0.00516. The smallest absolute Gasteiger partial charge is 0.246 e. The van der Waals surface area contributed by atoms with Gasteiger partial charge >= 0.3 is 0 Å². The molecule has 0 N–H and O–H groups in total. The Kier molecular flexibility index (Phi) is 4.83. The van der Waals surface area contributed by atoms with Gasteiger partial charge in [-0.25, -0.2) is 4.39 Å². The zero-order chi connectivity index (χ0) is 30.8. The van der Waals surface area contributed by atoms with E-state index in [9.17, 15) is 0 Å². The van der Waals surface area contributed by atoms with Crippen LogP contribution in [-0.2, 0) is 0 Å². The molecule has 0 radical (unpaired) electrons. The molecule has 0 aliphatic carbocycles. The Bertz CT molecular complexity index is 2920. The van der Waals surface area contributed by atoms with Crippen LogP contribution in [0.1, 0.15) is 0 Å². The minimum Gasteiger partial charge on any atom is -0.309 e. The van der Waals surface area contributed by atoms with Crippen molar-refractivity contribution in [1.29, 1.82) is 0 Å². The Labute approximate surface area is 269 Å². The van der Waals surface area contributed by atoms with Crippen LogP contribution in [-0.4, -0.2) is 20.2 Å². The fourth-order valence-electron chi connectivity index (χ4n) is 8.52. The maximum absolute atomic E-state index is 17.0. The van der Waals surface area contributed by atoms with Gasteiger partial charge in [-0.05, 0) is 53.4 Å². The number of benzene rings is 7.